The van der Waals surface area contributed by atoms with Gasteiger partial charge < -0.3 is 19.4 Å². The summed E-state index contributed by atoms with van der Waals surface area (Å²) in [6, 6.07) is 2.18. The highest BCUT2D eigenvalue weighted by molar-refractivity contribution is 5.92. The van der Waals surface area contributed by atoms with Crippen LogP contribution < -0.4 is 10.2 Å². The van der Waals surface area contributed by atoms with Gasteiger partial charge in [0.15, 0.2) is 11.5 Å². The molecule has 0 aromatic carbocycles. The monoisotopic (exact) mass is 381 g/mol. The number of amides is 1. The van der Waals surface area contributed by atoms with E-state index in [1.54, 1.807) is 18.5 Å². The summed E-state index contributed by atoms with van der Waals surface area (Å²) in [4.78, 5) is 23.7. The predicted molar refractivity (Wildman–Crippen MR) is 102 cm³/mol. The van der Waals surface area contributed by atoms with Crippen LogP contribution in [-0.2, 0) is 4.74 Å². The summed E-state index contributed by atoms with van der Waals surface area (Å²) in [5.74, 6) is 0.734. The van der Waals surface area contributed by atoms with Crippen molar-refractivity contribution in [2.45, 2.75) is 31.3 Å². The van der Waals surface area contributed by atoms with Gasteiger partial charge in [0, 0.05) is 63.3 Å². The number of aromatic nitrogens is 5. The van der Waals surface area contributed by atoms with Crippen molar-refractivity contribution < 1.29 is 9.53 Å². The minimum Gasteiger partial charge on any atom is -0.381 e. The average Bonchev–Trinajstić information content (AvgIpc) is 3.48. The van der Waals surface area contributed by atoms with E-state index in [9.17, 15) is 4.79 Å². The molecule has 0 spiro atoms. The molecule has 1 N–H and O–H groups in total. The van der Waals surface area contributed by atoms with Crippen molar-refractivity contribution in [3.63, 3.8) is 0 Å². The van der Waals surface area contributed by atoms with E-state index in [4.69, 9.17) is 4.74 Å². The lowest BCUT2D eigenvalue weighted by Gasteiger charge is -2.22. The van der Waals surface area contributed by atoms with Crippen LogP contribution in [0.2, 0.25) is 0 Å². The van der Waals surface area contributed by atoms with Crippen LogP contribution in [0.4, 0.5) is 5.82 Å². The maximum absolute atomic E-state index is 12.6. The van der Waals surface area contributed by atoms with E-state index in [0.717, 1.165) is 50.5 Å². The first-order chi connectivity index (χ1) is 13.8. The molecule has 1 atom stereocenters. The second-order valence-electron chi connectivity index (χ2n) is 7.34. The van der Waals surface area contributed by atoms with Crippen LogP contribution in [0.1, 0.15) is 35.8 Å². The number of fused-ring (bicyclic) bond motifs is 1. The zero-order valence-electron chi connectivity index (χ0n) is 15.6. The molecule has 0 bridgehead atoms. The molecule has 5 heterocycles. The summed E-state index contributed by atoms with van der Waals surface area (Å²) in [5.41, 5.74) is 1.31. The Hall–Kier alpha value is -2.94. The SMILES string of the molecule is O=C(N[C@@H]1CCN(c2nccn3ccnc23)C1)c1ccn(C2CCOCC2)n1. The lowest BCUT2D eigenvalue weighted by atomic mass is 10.1. The third-order valence-corrected chi connectivity index (χ3v) is 5.52. The lowest BCUT2D eigenvalue weighted by molar-refractivity contribution is 0.0660. The van der Waals surface area contributed by atoms with Gasteiger partial charge in [0.25, 0.3) is 5.91 Å². The van der Waals surface area contributed by atoms with Gasteiger partial charge in [-0.2, -0.15) is 5.10 Å². The van der Waals surface area contributed by atoms with Gasteiger partial charge in [0.05, 0.1) is 6.04 Å². The highest BCUT2D eigenvalue weighted by Crippen LogP contribution is 2.22. The second kappa shape index (κ2) is 7.23. The van der Waals surface area contributed by atoms with Gasteiger partial charge in [0.2, 0.25) is 0 Å². The Morgan fingerprint density at radius 1 is 1.11 bits per heavy atom. The van der Waals surface area contributed by atoms with Crippen molar-refractivity contribution in [3.8, 4) is 0 Å². The van der Waals surface area contributed by atoms with Crippen LogP contribution in [0.5, 0.6) is 0 Å². The van der Waals surface area contributed by atoms with Crippen molar-refractivity contribution in [3.05, 3.63) is 42.7 Å². The van der Waals surface area contributed by atoms with Crippen molar-refractivity contribution >= 4 is 17.4 Å². The number of rotatable bonds is 4. The molecule has 2 fully saturated rings. The molecule has 5 rings (SSSR count). The number of hydrogen-bond acceptors (Lipinski definition) is 6. The molecule has 2 aliphatic heterocycles. The van der Waals surface area contributed by atoms with E-state index >= 15 is 0 Å². The molecule has 28 heavy (non-hydrogen) atoms. The number of hydrogen-bond donors (Lipinski definition) is 1. The Kier molecular flexibility index (Phi) is 4.44. The van der Waals surface area contributed by atoms with Crippen LogP contribution in [0.15, 0.2) is 37.1 Å². The summed E-state index contributed by atoms with van der Waals surface area (Å²) in [7, 11) is 0. The quantitative estimate of drug-likeness (QED) is 0.732. The maximum Gasteiger partial charge on any atom is 0.272 e. The Morgan fingerprint density at radius 2 is 1.93 bits per heavy atom. The first kappa shape index (κ1) is 17.2. The normalized spacial score (nSPS) is 20.7. The molecule has 3 aromatic rings. The van der Waals surface area contributed by atoms with Crippen LogP contribution in [-0.4, -0.2) is 62.4 Å². The molecule has 0 radical (unpaired) electrons. The number of nitrogens with one attached hydrogen (secondary N) is 1. The summed E-state index contributed by atoms with van der Waals surface area (Å²) in [6.45, 7) is 3.05. The predicted octanol–water partition coefficient (Wildman–Crippen LogP) is 1.29. The first-order valence-corrected chi connectivity index (χ1v) is 9.74. The van der Waals surface area contributed by atoms with Gasteiger partial charge in [0.1, 0.15) is 5.69 Å². The van der Waals surface area contributed by atoms with Crippen molar-refractivity contribution in [2.24, 2.45) is 0 Å². The zero-order valence-corrected chi connectivity index (χ0v) is 15.6. The molecule has 146 valence electrons. The fourth-order valence-electron chi connectivity index (χ4n) is 4.01. The second-order valence-corrected chi connectivity index (χ2v) is 7.34. The number of nitrogens with zero attached hydrogens (tertiary/aromatic N) is 6. The summed E-state index contributed by atoms with van der Waals surface area (Å²) in [6.07, 6.45) is 12.0. The van der Waals surface area contributed by atoms with E-state index in [0.29, 0.717) is 18.3 Å². The Bertz CT molecular complexity index is 975. The van der Waals surface area contributed by atoms with Crippen molar-refractivity contribution in [2.75, 3.05) is 31.2 Å². The van der Waals surface area contributed by atoms with Crippen LogP contribution >= 0.6 is 0 Å². The van der Waals surface area contributed by atoms with E-state index in [1.165, 1.54) is 0 Å². The minimum absolute atomic E-state index is 0.0674. The molecule has 2 aliphatic rings. The zero-order chi connectivity index (χ0) is 18.9. The maximum atomic E-state index is 12.6. The lowest BCUT2D eigenvalue weighted by Crippen LogP contribution is -2.37. The fourth-order valence-corrected chi connectivity index (χ4v) is 4.01. The smallest absolute Gasteiger partial charge is 0.272 e. The van der Waals surface area contributed by atoms with Crippen LogP contribution in [0, 0.1) is 0 Å². The Balaban J connectivity index is 1.23. The van der Waals surface area contributed by atoms with Crippen molar-refractivity contribution in [1.82, 2.24) is 29.5 Å². The van der Waals surface area contributed by atoms with E-state index in [1.807, 2.05) is 27.7 Å². The molecular weight excluding hydrogens is 358 g/mol. The highest BCUT2D eigenvalue weighted by Gasteiger charge is 2.27. The molecule has 0 saturated carbocycles. The van der Waals surface area contributed by atoms with Crippen LogP contribution in [0.25, 0.3) is 5.65 Å². The Morgan fingerprint density at radius 3 is 2.79 bits per heavy atom. The van der Waals surface area contributed by atoms with Gasteiger partial charge in [-0.25, -0.2) is 9.97 Å². The highest BCUT2D eigenvalue weighted by atomic mass is 16.5. The summed E-state index contributed by atoms with van der Waals surface area (Å²) in [5, 5.41) is 7.61. The largest absolute Gasteiger partial charge is 0.381 e. The molecule has 1 amide bonds. The van der Waals surface area contributed by atoms with E-state index in [2.05, 4.69) is 25.3 Å². The molecule has 0 aliphatic carbocycles. The number of anilines is 1. The average molecular weight is 381 g/mol. The van der Waals surface area contributed by atoms with Gasteiger partial charge >= 0.3 is 0 Å². The van der Waals surface area contributed by atoms with Gasteiger partial charge in [-0.15, -0.1) is 0 Å². The number of ether oxygens (including phenoxy) is 1. The molecule has 2 saturated heterocycles. The third kappa shape index (κ3) is 3.22. The molecule has 9 heteroatoms. The standard InChI is InChI=1S/C19H23N7O2/c27-19(16-2-8-26(23-16)15-3-11-28-12-4-15)22-14-1-7-25(13-14)18-17-20-5-9-24(17)10-6-21-18/h2,5-6,8-10,14-15H,1,3-4,7,11-13H2,(H,22,27)/t14-/m1/s1. The van der Waals surface area contributed by atoms with E-state index in [-0.39, 0.29) is 11.9 Å². The molecule has 3 aromatic heterocycles. The number of carbonyl (C=O) groups is 1. The summed E-state index contributed by atoms with van der Waals surface area (Å²) < 4.78 is 9.26. The van der Waals surface area contributed by atoms with E-state index < -0.39 is 0 Å². The topological polar surface area (TPSA) is 89.6 Å². The summed E-state index contributed by atoms with van der Waals surface area (Å²) >= 11 is 0. The molecule has 9 nitrogen and oxygen atoms in total. The Labute approximate surface area is 162 Å². The van der Waals surface area contributed by atoms with Crippen LogP contribution in [0.3, 0.4) is 0 Å². The van der Waals surface area contributed by atoms with Gasteiger partial charge in [-0.3, -0.25) is 9.48 Å². The first-order valence-electron chi connectivity index (χ1n) is 9.74. The minimum atomic E-state index is -0.121. The molecular formula is C19H23N7O2. The van der Waals surface area contributed by atoms with Gasteiger partial charge in [-0.05, 0) is 25.3 Å². The third-order valence-electron chi connectivity index (χ3n) is 5.52. The fraction of sp³-hybridized carbons (Fsp3) is 0.474. The number of imidazole rings is 1. The van der Waals surface area contributed by atoms with Gasteiger partial charge in [-0.1, -0.05) is 0 Å². The molecule has 0 unspecified atom stereocenters. The number of carbonyl (C=O) groups excluding carboxylic acids is 1. The van der Waals surface area contributed by atoms with Crippen molar-refractivity contribution in [1.29, 1.82) is 0 Å².